The van der Waals surface area contributed by atoms with E-state index < -0.39 is 0 Å². The van der Waals surface area contributed by atoms with Crippen molar-refractivity contribution in [3.8, 4) is 0 Å². The summed E-state index contributed by atoms with van der Waals surface area (Å²) in [4.78, 5) is 2.57. The smallest absolute Gasteiger partial charge is 0.0670 e. The fourth-order valence-corrected chi connectivity index (χ4v) is 4.56. The first-order valence-corrected chi connectivity index (χ1v) is 7.91. The van der Waals surface area contributed by atoms with E-state index in [1.807, 2.05) is 0 Å². The molecular weight excluding hydrogens is 224 g/mol. The van der Waals surface area contributed by atoms with E-state index >= 15 is 0 Å². The van der Waals surface area contributed by atoms with Crippen LogP contribution in [0.25, 0.3) is 0 Å². The highest BCUT2D eigenvalue weighted by molar-refractivity contribution is 4.97. The third-order valence-electron chi connectivity index (χ3n) is 5.42. The summed E-state index contributed by atoms with van der Waals surface area (Å²) in [5.74, 6) is 0.796. The third-order valence-corrected chi connectivity index (χ3v) is 5.42. The summed E-state index contributed by atoms with van der Waals surface area (Å²) in [5.41, 5.74) is 6.09. The van der Waals surface area contributed by atoms with Crippen molar-refractivity contribution in [3.05, 3.63) is 0 Å². The van der Waals surface area contributed by atoms with Gasteiger partial charge in [-0.3, -0.25) is 4.90 Å². The Morgan fingerprint density at radius 3 is 2.28 bits per heavy atom. The summed E-state index contributed by atoms with van der Waals surface area (Å²) >= 11 is 0. The van der Waals surface area contributed by atoms with Crippen LogP contribution in [0.15, 0.2) is 0 Å². The van der Waals surface area contributed by atoms with Crippen molar-refractivity contribution in [2.24, 2.45) is 11.7 Å². The van der Waals surface area contributed by atoms with Gasteiger partial charge in [0.25, 0.3) is 0 Å². The van der Waals surface area contributed by atoms with Gasteiger partial charge in [-0.15, -0.1) is 0 Å². The van der Waals surface area contributed by atoms with Gasteiger partial charge in [0.2, 0.25) is 0 Å². The van der Waals surface area contributed by atoms with Crippen molar-refractivity contribution >= 4 is 0 Å². The summed E-state index contributed by atoms with van der Waals surface area (Å²) in [6, 6.07) is 1.74. The molecule has 3 heteroatoms. The van der Waals surface area contributed by atoms with Crippen LogP contribution >= 0.6 is 0 Å². The van der Waals surface area contributed by atoms with Crippen LogP contribution in [0, 0.1) is 5.92 Å². The molecule has 3 rings (SSSR count). The van der Waals surface area contributed by atoms with Crippen molar-refractivity contribution < 1.29 is 5.11 Å². The highest BCUT2D eigenvalue weighted by atomic mass is 16.3. The minimum atomic E-state index is -0.106. The minimum absolute atomic E-state index is 0.106. The molecule has 0 radical (unpaired) electrons. The van der Waals surface area contributed by atoms with E-state index in [1.54, 1.807) is 0 Å². The number of piperidine rings is 1. The summed E-state index contributed by atoms with van der Waals surface area (Å²) < 4.78 is 0. The molecule has 2 aliphatic heterocycles. The molecule has 0 aromatic carbocycles. The van der Waals surface area contributed by atoms with Gasteiger partial charge in [-0.05, 0) is 38.0 Å². The quantitative estimate of drug-likeness (QED) is 0.803. The number of aliphatic hydroxyl groups is 1. The Morgan fingerprint density at radius 2 is 1.67 bits per heavy atom. The number of fused-ring (bicyclic) bond motifs is 2. The van der Waals surface area contributed by atoms with Gasteiger partial charge in [-0.25, -0.2) is 0 Å². The topological polar surface area (TPSA) is 49.5 Å². The van der Waals surface area contributed by atoms with E-state index in [4.69, 9.17) is 5.73 Å². The van der Waals surface area contributed by atoms with Crippen LogP contribution in [-0.4, -0.2) is 40.8 Å². The molecule has 1 saturated carbocycles. The van der Waals surface area contributed by atoms with E-state index in [-0.39, 0.29) is 6.10 Å². The second-order valence-corrected chi connectivity index (χ2v) is 6.85. The Morgan fingerprint density at radius 1 is 1.06 bits per heavy atom. The lowest BCUT2D eigenvalue weighted by Gasteiger charge is -2.39. The van der Waals surface area contributed by atoms with Crippen LogP contribution in [0.3, 0.4) is 0 Å². The molecule has 3 fully saturated rings. The normalized spacial score (nSPS) is 39.3. The van der Waals surface area contributed by atoms with E-state index in [0.29, 0.717) is 18.1 Å². The van der Waals surface area contributed by atoms with Crippen molar-refractivity contribution in [1.29, 1.82) is 0 Å². The van der Waals surface area contributed by atoms with Crippen LogP contribution in [0.2, 0.25) is 0 Å². The average molecular weight is 252 g/mol. The van der Waals surface area contributed by atoms with Crippen LogP contribution in [0.1, 0.15) is 57.8 Å². The molecule has 0 aromatic rings. The predicted molar refractivity (Wildman–Crippen MR) is 73.3 cm³/mol. The maximum Gasteiger partial charge on any atom is 0.0670 e. The summed E-state index contributed by atoms with van der Waals surface area (Å²) in [6.45, 7) is 0.901. The molecule has 18 heavy (non-hydrogen) atoms. The molecule has 3 aliphatic rings. The van der Waals surface area contributed by atoms with E-state index in [9.17, 15) is 5.11 Å². The van der Waals surface area contributed by atoms with Gasteiger partial charge in [0.05, 0.1) is 6.10 Å². The molecule has 2 saturated heterocycles. The summed E-state index contributed by atoms with van der Waals surface area (Å²) in [7, 11) is 0. The molecule has 0 aromatic heterocycles. The molecule has 0 amide bonds. The monoisotopic (exact) mass is 252 g/mol. The molecule has 104 valence electrons. The predicted octanol–water partition coefficient (Wildman–Crippen LogP) is 1.88. The van der Waals surface area contributed by atoms with Crippen LogP contribution in [0.4, 0.5) is 0 Å². The molecule has 3 N–H and O–H groups in total. The van der Waals surface area contributed by atoms with E-state index in [0.717, 1.165) is 31.7 Å². The molecule has 1 aliphatic carbocycles. The van der Waals surface area contributed by atoms with Crippen molar-refractivity contribution in [2.45, 2.75) is 82.0 Å². The lowest BCUT2D eigenvalue weighted by Crippen LogP contribution is -2.50. The summed E-state index contributed by atoms with van der Waals surface area (Å²) in [5, 5.41) is 10.3. The van der Waals surface area contributed by atoms with Gasteiger partial charge < -0.3 is 10.8 Å². The lowest BCUT2D eigenvalue weighted by molar-refractivity contribution is 0.0452. The third kappa shape index (κ3) is 2.73. The Hall–Kier alpha value is -0.120. The molecule has 0 spiro atoms. The minimum Gasteiger partial charge on any atom is -0.392 e. The first kappa shape index (κ1) is 12.9. The first-order valence-electron chi connectivity index (χ1n) is 7.91. The van der Waals surface area contributed by atoms with E-state index in [2.05, 4.69) is 4.90 Å². The largest absolute Gasteiger partial charge is 0.392 e. The number of hydrogen-bond acceptors (Lipinski definition) is 3. The molecule has 3 atom stereocenters. The van der Waals surface area contributed by atoms with Gasteiger partial charge in [-0.2, -0.15) is 0 Å². The van der Waals surface area contributed by atoms with Crippen LogP contribution in [0.5, 0.6) is 0 Å². The fourth-order valence-electron chi connectivity index (χ4n) is 4.56. The molecule has 3 nitrogen and oxygen atoms in total. The number of aliphatic hydroxyl groups excluding tert-OH is 1. The highest BCUT2D eigenvalue weighted by Crippen LogP contribution is 2.36. The lowest BCUT2D eigenvalue weighted by atomic mass is 9.95. The number of hydrogen-bond donors (Lipinski definition) is 2. The van der Waals surface area contributed by atoms with E-state index in [1.165, 1.54) is 38.5 Å². The second kappa shape index (κ2) is 5.48. The average Bonchev–Trinajstić information content (AvgIpc) is 2.88. The number of nitrogens with two attached hydrogens (primary N) is 1. The zero-order chi connectivity index (χ0) is 12.5. The Bertz CT molecular complexity index is 264. The zero-order valence-electron chi connectivity index (χ0n) is 11.4. The van der Waals surface area contributed by atoms with Gasteiger partial charge in [0, 0.05) is 24.7 Å². The van der Waals surface area contributed by atoms with Gasteiger partial charge in [0.1, 0.15) is 0 Å². The molecular formula is C15H28N2O. The first-order chi connectivity index (χ1) is 8.72. The summed E-state index contributed by atoms with van der Waals surface area (Å²) in [6.07, 6.45) is 11.3. The highest BCUT2D eigenvalue weighted by Gasteiger charge is 2.40. The molecule has 3 unspecified atom stereocenters. The fraction of sp³-hybridized carbons (Fsp3) is 1.00. The second-order valence-electron chi connectivity index (χ2n) is 6.85. The Labute approximate surface area is 111 Å². The van der Waals surface area contributed by atoms with Gasteiger partial charge in [-0.1, -0.05) is 25.7 Å². The van der Waals surface area contributed by atoms with Gasteiger partial charge in [0.15, 0.2) is 0 Å². The van der Waals surface area contributed by atoms with Crippen LogP contribution in [-0.2, 0) is 0 Å². The molecule has 2 bridgehead atoms. The van der Waals surface area contributed by atoms with Gasteiger partial charge >= 0.3 is 0 Å². The molecule has 2 heterocycles. The maximum atomic E-state index is 10.3. The number of nitrogens with zero attached hydrogens (tertiary/aromatic N) is 1. The van der Waals surface area contributed by atoms with Crippen molar-refractivity contribution in [2.75, 3.05) is 6.54 Å². The van der Waals surface area contributed by atoms with Crippen molar-refractivity contribution in [3.63, 3.8) is 0 Å². The SMILES string of the molecule is NC1CC2CCC(C1)N2CC(O)CC1CCCC1. The van der Waals surface area contributed by atoms with Crippen LogP contribution < -0.4 is 5.73 Å². The maximum absolute atomic E-state index is 10.3. The van der Waals surface area contributed by atoms with Crippen molar-refractivity contribution in [1.82, 2.24) is 4.90 Å². The Kier molecular flexibility index (Phi) is 3.92. The number of rotatable bonds is 4. The zero-order valence-corrected chi connectivity index (χ0v) is 11.4. The Balaban J connectivity index is 1.50. The standard InChI is InChI=1S/C15H28N2O/c16-12-8-13-5-6-14(9-12)17(13)10-15(18)7-11-3-1-2-4-11/h11-15,18H,1-10,16H2.